The number of hydrogen-bond acceptors (Lipinski definition) is 12. The summed E-state index contributed by atoms with van der Waals surface area (Å²) in [6.07, 6.45) is -5.62. The van der Waals surface area contributed by atoms with Crippen molar-refractivity contribution >= 4 is 35.8 Å². The number of aliphatic imine (C=N–C) groups is 1. The minimum Gasteiger partial charge on any atom is -0.462 e. The Morgan fingerprint density at radius 3 is 1.67 bits per heavy atom. The van der Waals surface area contributed by atoms with Gasteiger partial charge in [-0.2, -0.15) is 0 Å². The molecule has 1 aromatic carbocycles. The highest BCUT2D eigenvalue weighted by atomic mass is 16.7. The lowest BCUT2D eigenvalue weighted by Gasteiger charge is -2.45. The van der Waals surface area contributed by atoms with E-state index < -0.39 is 87.7 Å². The Morgan fingerprint density at radius 1 is 0.761 bits per heavy atom. The summed E-state index contributed by atoms with van der Waals surface area (Å²) in [5.41, 5.74) is -3.76. The largest absolute Gasteiger partial charge is 0.462 e. The first kappa shape index (κ1) is 38.3. The molecule has 2 rings (SSSR count). The van der Waals surface area contributed by atoms with E-state index >= 15 is 0 Å². The fourth-order valence-corrected chi connectivity index (χ4v) is 3.70. The summed E-state index contributed by atoms with van der Waals surface area (Å²) in [5.74, 6) is -2.63. The highest BCUT2D eigenvalue weighted by Crippen LogP contribution is 2.34. The molecule has 0 bridgehead atoms. The lowest BCUT2D eigenvalue weighted by atomic mass is 9.92. The molecule has 1 fully saturated rings. The molecule has 5 atom stereocenters. The third-order valence-electron chi connectivity index (χ3n) is 6.62. The van der Waals surface area contributed by atoms with E-state index in [-0.39, 0.29) is 5.69 Å². The lowest BCUT2D eigenvalue weighted by Crippen LogP contribution is -2.63. The molecule has 1 aliphatic rings. The Kier molecular flexibility index (Phi) is 11.9. The molecule has 0 N–H and O–H groups in total. The third kappa shape index (κ3) is 10.6. The minimum absolute atomic E-state index is 0.178. The standard InChI is InChI=1S/C33H48N2O11/c1-30(2,3)26(36)42-18-21-22(44-27(37)31(4,5)6)23(45-28(38)32(7,8)9)24(46-29(39)33(10,11)12)25(43-21)34-17-19-14-13-15-20(16-19)35(40)41/h13-17,21-25H,18H2,1-12H3/t21?,22-,23-,24?,25-/m1/s1. The number of nitro benzene ring substituents is 1. The van der Waals surface area contributed by atoms with Gasteiger partial charge in [0.1, 0.15) is 12.7 Å². The summed E-state index contributed by atoms with van der Waals surface area (Å²) in [7, 11) is 0. The van der Waals surface area contributed by atoms with Crippen LogP contribution in [0.1, 0.15) is 88.6 Å². The van der Waals surface area contributed by atoms with Crippen LogP contribution in [0.3, 0.4) is 0 Å². The Hall–Kier alpha value is -3.87. The maximum atomic E-state index is 13.3. The van der Waals surface area contributed by atoms with E-state index in [0.29, 0.717) is 5.56 Å². The lowest BCUT2D eigenvalue weighted by molar-refractivity contribution is -0.384. The normalized spacial score (nSPS) is 22.6. The number of esters is 4. The monoisotopic (exact) mass is 648 g/mol. The molecule has 13 nitrogen and oxygen atoms in total. The van der Waals surface area contributed by atoms with Crippen molar-refractivity contribution in [2.24, 2.45) is 26.7 Å². The summed E-state index contributed by atoms with van der Waals surface area (Å²) >= 11 is 0. The predicted octanol–water partition coefficient (Wildman–Crippen LogP) is 5.20. The Morgan fingerprint density at radius 2 is 1.22 bits per heavy atom. The molecule has 2 unspecified atom stereocenters. The fourth-order valence-electron chi connectivity index (χ4n) is 3.70. The van der Waals surface area contributed by atoms with Crippen LogP contribution in [0.5, 0.6) is 0 Å². The molecule has 1 aliphatic heterocycles. The SMILES string of the molecule is CC(C)(C)C(=O)OCC1O[C@@H](N=Cc2cccc([N+](=O)[O-])c2)C(OC(=O)C(C)(C)C)[C@H](OC(=O)C(C)(C)C)[C@@H]1OC(=O)C(C)(C)C. The highest BCUT2D eigenvalue weighted by molar-refractivity contribution is 5.81. The van der Waals surface area contributed by atoms with Gasteiger partial charge in [-0.3, -0.25) is 34.3 Å². The van der Waals surface area contributed by atoms with Crippen LogP contribution < -0.4 is 0 Å². The molecular weight excluding hydrogens is 600 g/mol. The quantitative estimate of drug-likeness (QED) is 0.119. The van der Waals surface area contributed by atoms with Gasteiger partial charge in [-0.15, -0.1) is 0 Å². The van der Waals surface area contributed by atoms with Crippen molar-refractivity contribution in [2.75, 3.05) is 6.61 Å². The average Bonchev–Trinajstić information content (AvgIpc) is 2.90. The first-order valence-electron chi connectivity index (χ1n) is 15.1. The first-order valence-corrected chi connectivity index (χ1v) is 15.1. The van der Waals surface area contributed by atoms with Crippen molar-refractivity contribution in [2.45, 2.75) is 114 Å². The van der Waals surface area contributed by atoms with Crippen molar-refractivity contribution in [3.8, 4) is 0 Å². The van der Waals surface area contributed by atoms with Crippen LogP contribution in [-0.2, 0) is 42.9 Å². The second-order valence-electron chi connectivity index (χ2n) is 15.4. The van der Waals surface area contributed by atoms with E-state index in [1.54, 1.807) is 89.2 Å². The van der Waals surface area contributed by atoms with E-state index in [1.807, 2.05) is 0 Å². The summed E-state index contributed by atoms with van der Waals surface area (Å²) in [6, 6.07) is 5.65. The zero-order chi connectivity index (χ0) is 35.4. The molecule has 0 radical (unpaired) electrons. The second kappa shape index (κ2) is 14.3. The summed E-state index contributed by atoms with van der Waals surface area (Å²) in [4.78, 5) is 67.9. The van der Waals surface area contributed by atoms with Crippen molar-refractivity contribution in [1.29, 1.82) is 0 Å². The smallest absolute Gasteiger partial charge is 0.311 e. The van der Waals surface area contributed by atoms with E-state index in [4.69, 9.17) is 23.7 Å². The zero-order valence-electron chi connectivity index (χ0n) is 28.9. The molecule has 0 aromatic heterocycles. The molecule has 0 aliphatic carbocycles. The molecule has 0 amide bonds. The molecule has 13 heteroatoms. The van der Waals surface area contributed by atoms with Crippen LogP contribution in [0, 0.1) is 31.8 Å². The maximum absolute atomic E-state index is 13.3. The van der Waals surface area contributed by atoms with E-state index in [9.17, 15) is 29.3 Å². The van der Waals surface area contributed by atoms with Gasteiger partial charge in [0.2, 0.25) is 0 Å². The molecule has 1 heterocycles. The Balaban J connectivity index is 2.75. The number of carbonyl (C=O) groups is 4. The molecule has 1 aromatic rings. The number of non-ortho nitro benzene ring substituents is 1. The summed E-state index contributed by atoms with van der Waals surface area (Å²) < 4.78 is 29.6. The predicted molar refractivity (Wildman–Crippen MR) is 168 cm³/mol. The number of ether oxygens (including phenoxy) is 5. The number of nitro groups is 1. The number of nitrogens with zero attached hydrogens (tertiary/aromatic N) is 2. The van der Waals surface area contributed by atoms with Gasteiger partial charge in [-0.25, -0.2) is 0 Å². The number of benzene rings is 1. The topological polar surface area (TPSA) is 170 Å². The number of carbonyl (C=O) groups excluding carboxylic acids is 4. The van der Waals surface area contributed by atoms with Gasteiger partial charge >= 0.3 is 23.9 Å². The number of hydrogen-bond donors (Lipinski definition) is 0. The maximum Gasteiger partial charge on any atom is 0.311 e. The fraction of sp³-hybridized carbons (Fsp3) is 0.667. The third-order valence-corrected chi connectivity index (χ3v) is 6.62. The van der Waals surface area contributed by atoms with Crippen molar-refractivity contribution in [3.05, 3.63) is 39.9 Å². The van der Waals surface area contributed by atoms with E-state index in [2.05, 4.69) is 4.99 Å². The average molecular weight is 649 g/mol. The van der Waals surface area contributed by atoms with Gasteiger partial charge in [0, 0.05) is 18.3 Å². The summed E-state index contributed by atoms with van der Waals surface area (Å²) in [6.45, 7) is 19.2. The molecule has 1 saturated heterocycles. The van der Waals surface area contributed by atoms with Crippen molar-refractivity contribution < 1.29 is 47.8 Å². The van der Waals surface area contributed by atoms with Crippen molar-refractivity contribution in [1.82, 2.24) is 0 Å². The van der Waals surface area contributed by atoms with Crippen LogP contribution in [-0.4, -0.2) is 72.3 Å². The molecule has 0 saturated carbocycles. The molecule has 0 spiro atoms. The van der Waals surface area contributed by atoms with Crippen LogP contribution in [0.4, 0.5) is 5.69 Å². The van der Waals surface area contributed by atoms with Gasteiger partial charge < -0.3 is 23.7 Å². The van der Waals surface area contributed by atoms with E-state index in [1.165, 1.54) is 24.4 Å². The van der Waals surface area contributed by atoms with Crippen molar-refractivity contribution in [3.63, 3.8) is 0 Å². The molecule has 256 valence electrons. The zero-order valence-corrected chi connectivity index (χ0v) is 28.9. The van der Waals surface area contributed by atoms with Gasteiger partial charge in [0.05, 0.1) is 26.6 Å². The van der Waals surface area contributed by atoms with E-state index in [0.717, 1.165) is 0 Å². The Labute approximate surface area is 270 Å². The van der Waals surface area contributed by atoms with Gasteiger partial charge in [0.25, 0.3) is 5.69 Å². The molecule has 46 heavy (non-hydrogen) atoms. The molecular formula is C33H48N2O11. The number of rotatable bonds is 8. The second-order valence-corrected chi connectivity index (χ2v) is 15.4. The summed E-state index contributed by atoms with van der Waals surface area (Å²) in [5, 5.41) is 11.3. The Bertz CT molecular complexity index is 1330. The van der Waals surface area contributed by atoms with Crippen LogP contribution in [0.2, 0.25) is 0 Å². The van der Waals surface area contributed by atoms with Crippen LogP contribution >= 0.6 is 0 Å². The first-order chi connectivity index (χ1) is 20.8. The van der Waals surface area contributed by atoms with Gasteiger partial charge in [-0.1, -0.05) is 12.1 Å². The van der Waals surface area contributed by atoms with Crippen LogP contribution in [0.25, 0.3) is 0 Å². The minimum atomic E-state index is -1.45. The van der Waals surface area contributed by atoms with Gasteiger partial charge in [-0.05, 0) is 88.6 Å². The van der Waals surface area contributed by atoms with Gasteiger partial charge in [0.15, 0.2) is 24.5 Å². The highest BCUT2D eigenvalue weighted by Gasteiger charge is 2.54. The van der Waals surface area contributed by atoms with Crippen LogP contribution in [0.15, 0.2) is 29.3 Å².